The lowest BCUT2D eigenvalue weighted by Gasteiger charge is -2.37. The van der Waals surface area contributed by atoms with Crippen LogP contribution >= 0.6 is 0 Å². The zero-order valence-corrected chi connectivity index (χ0v) is 16.3. The number of fused-ring (bicyclic) bond motifs is 2. The Morgan fingerprint density at radius 3 is 2.50 bits per heavy atom. The van der Waals surface area contributed by atoms with Crippen LogP contribution in [0.2, 0.25) is 0 Å². The van der Waals surface area contributed by atoms with E-state index in [9.17, 15) is 4.79 Å². The van der Waals surface area contributed by atoms with E-state index < -0.39 is 0 Å². The molecule has 0 aromatic carbocycles. The van der Waals surface area contributed by atoms with Gasteiger partial charge in [-0.2, -0.15) is 0 Å². The number of nitrogens with zero attached hydrogens (tertiary/aromatic N) is 4. The Morgan fingerprint density at radius 1 is 1.11 bits per heavy atom. The molecule has 1 aliphatic carbocycles. The van der Waals surface area contributed by atoms with Gasteiger partial charge in [0.2, 0.25) is 11.8 Å². The number of hydrogen-bond donors (Lipinski definition) is 0. The fourth-order valence-corrected chi connectivity index (χ4v) is 4.09. The van der Waals surface area contributed by atoms with Crippen LogP contribution in [0.3, 0.4) is 0 Å². The van der Waals surface area contributed by atoms with Crippen LogP contribution < -0.4 is 9.47 Å². The molecule has 148 valence electrons. The summed E-state index contributed by atoms with van der Waals surface area (Å²) in [5, 5.41) is 0. The summed E-state index contributed by atoms with van der Waals surface area (Å²) in [4.78, 5) is 26.5. The van der Waals surface area contributed by atoms with Crippen molar-refractivity contribution >= 4 is 6.09 Å². The highest BCUT2D eigenvalue weighted by atomic mass is 16.5. The number of hydrogen-bond acceptors (Lipinski definition) is 7. The Kier molecular flexibility index (Phi) is 5.02. The zero-order chi connectivity index (χ0) is 19.7. The van der Waals surface area contributed by atoms with Gasteiger partial charge in [-0.25, -0.2) is 14.8 Å². The van der Waals surface area contributed by atoms with Crippen LogP contribution in [0.15, 0.2) is 24.7 Å². The molecule has 8 nitrogen and oxygen atoms in total. The van der Waals surface area contributed by atoms with Crippen molar-refractivity contribution in [2.24, 2.45) is 11.8 Å². The Morgan fingerprint density at radius 2 is 1.82 bits per heavy atom. The van der Waals surface area contributed by atoms with Crippen molar-refractivity contribution in [1.29, 1.82) is 0 Å². The smallest absolute Gasteiger partial charge is 0.409 e. The van der Waals surface area contributed by atoms with Crippen LogP contribution in [-0.2, 0) is 4.74 Å². The molecule has 0 N–H and O–H groups in total. The highest BCUT2D eigenvalue weighted by Gasteiger charge is 2.45. The molecule has 0 spiro atoms. The maximum absolute atomic E-state index is 11.9. The quantitative estimate of drug-likeness (QED) is 0.800. The number of aryl methyl sites for hydroxylation is 1. The first-order valence-electron chi connectivity index (χ1n) is 9.47. The van der Waals surface area contributed by atoms with Gasteiger partial charge >= 0.3 is 6.09 Å². The summed E-state index contributed by atoms with van der Waals surface area (Å²) in [6.45, 7) is 5.07. The predicted octanol–water partition coefficient (Wildman–Crippen LogP) is 3.14. The van der Waals surface area contributed by atoms with E-state index in [1.807, 2.05) is 26.0 Å². The largest absolute Gasteiger partial charge is 0.473 e. The molecule has 28 heavy (non-hydrogen) atoms. The van der Waals surface area contributed by atoms with Crippen LogP contribution in [-0.4, -0.2) is 52.2 Å². The molecule has 4 rings (SSSR count). The second-order valence-electron chi connectivity index (χ2n) is 7.35. The number of likely N-dealkylation sites (tertiary alicyclic amines) is 1. The molecule has 8 heteroatoms. The topological polar surface area (TPSA) is 86.7 Å². The van der Waals surface area contributed by atoms with Gasteiger partial charge in [-0.3, -0.25) is 4.98 Å². The van der Waals surface area contributed by atoms with E-state index in [0.717, 1.165) is 24.1 Å². The molecule has 2 aromatic rings. The third kappa shape index (κ3) is 3.46. The number of ether oxygens (including phenoxy) is 3. The molecule has 1 aliphatic heterocycles. The normalized spacial score (nSPS) is 23.4. The molecule has 1 amide bonds. The molecule has 1 saturated carbocycles. The van der Waals surface area contributed by atoms with Gasteiger partial charge in [-0.1, -0.05) is 0 Å². The average molecular weight is 384 g/mol. The van der Waals surface area contributed by atoms with Gasteiger partial charge in [-0.15, -0.1) is 0 Å². The van der Waals surface area contributed by atoms with E-state index in [0.29, 0.717) is 30.6 Å². The van der Waals surface area contributed by atoms with Crippen LogP contribution in [0.5, 0.6) is 17.5 Å². The van der Waals surface area contributed by atoms with Crippen molar-refractivity contribution in [2.45, 2.75) is 32.8 Å². The molecule has 2 fully saturated rings. The van der Waals surface area contributed by atoms with Gasteiger partial charge in [-0.05, 0) is 38.8 Å². The molecule has 3 heterocycles. The highest BCUT2D eigenvalue weighted by molar-refractivity contribution is 5.67. The van der Waals surface area contributed by atoms with E-state index in [1.54, 1.807) is 11.1 Å². The Balaban J connectivity index is 1.50. The Labute approximate surface area is 163 Å². The lowest BCUT2D eigenvalue weighted by molar-refractivity contribution is 0.0282. The van der Waals surface area contributed by atoms with Gasteiger partial charge in [0.05, 0.1) is 18.4 Å². The summed E-state index contributed by atoms with van der Waals surface area (Å²) in [6.07, 6.45) is 5.00. The first kappa shape index (κ1) is 18.5. The summed E-state index contributed by atoms with van der Waals surface area (Å²) in [5.74, 6) is 2.19. The van der Waals surface area contributed by atoms with Gasteiger partial charge in [0.25, 0.3) is 0 Å². The van der Waals surface area contributed by atoms with Crippen LogP contribution in [0.25, 0.3) is 0 Å². The average Bonchev–Trinajstić information content (AvgIpc) is 2.93. The van der Waals surface area contributed by atoms with Crippen molar-refractivity contribution in [3.05, 3.63) is 35.9 Å². The summed E-state index contributed by atoms with van der Waals surface area (Å²) in [6, 6.07) is 3.68. The lowest BCUT2D eigenvalue weighted by Crippen LogP contribution is -2.49. The highest BCUT2D eigenvalue weighted by Crippen LogP contribution is 2.40. The van der Waals surface area contributed by atoms with Crippen LogP contribution in [0.1, 0.15) is 24.1 Å². The minimum absolute atomic E-state index is 0.0301. The van der Waals surface area contributed by atoms with E-state index >= 15 is 0 Å². The fraction of sp³-hybridized carbons (Fsp3) is 0.500. The molecule has 0 radical (unpaired) electrons. The van der Waals surface area contributed by atoms with E-state index in [2.05, 4.69) is 15.0 Å². The van der Waals surface area contributed by atoms with Gasteiger partial charge in [0.1, 0.15) is 12.4 Å². The number of methoxy groups -OCH3 is 1. The van der Waals surface area contributed by atoms with Crippen molar-refractivity contribution < 1.29 is 19.0 Å². The zero-order valence-electron chi connectivity index (χ0n) is 16.3. The van der Waals surface area contributed by atoms with Gasteiger partial charge in [0.15, 0.2) is 5.75 Å². The summed E-state index contributed by atoms with van der Waals surface area (Å²) in [5.41, 5.74) is 1.54. The van der Waals surface area contributed by atoms with E-state index in [1.165, 1.54) is 13.4 Å². The maximum Gasteiger partial charge on any atom is 0.409 e. The summed E-state index contributed by atoms with van der Waals surface area (Å²) >= 11 is 0. The number of pyridine rings is 1. The fourth-order valence-electron chi connectivity index (χ4n) is 4.09. The minimum atomic E-state index is -0.268. The second-order valence-corrected chi connectivity index (χ2v) is 7.35. The molecule has 2 atom stereocenters. The summed E-state index contributed by atoms with van der Waals surface area (Å²) in [7, 11) is 1.42. The third-order valence-electron chi connectivity index (χ3n) is 5.58. The first-order valence-corrected chi connectivity index (χ1v) is 9.47. The SMILES string of the molecule is COC(=O)N1CC2CCC(C1)C2Oc1ncnc(Oc2cccnc2C)c1C. The summed E-state index contributed by atoms with van der Waals surface area (Å²) < 4.78 is 17.1. The number of rotatable bonds is 4. The monoisotopic (exact) mass is 384 g/mol. The predicted molar refractivity (Wildman–Crippen MR) is 100 cm³/mol. The van der Waals surface area contributed by atoms with Crippen LogP contribution in [0.4, 0.5) is 4.79 Å². The van der Waals surface area contributed by atoms with Crippen molar-refractivity contribution in [3.8, 4) is 17.5 Å². The molecule has 2 bridgehead atoms. The van der Waals surface area contributed by atoms with Crippen molar-refractivity contribution in [3.63, 3.8) is 0 Å². The van der Waals surface area contributed by atoms with Crippen molar-refractivity contribution in [2.75, 3.05) is 20.2 Å². The van der Waals surface area contributed by atoms with Crippen molar-refractivity contribution in [1.82, 2.24) is 19.9 Å². The lowest BCUT2D eigenvalue weighted by atomic mass is 9.95. The molecule has 2 aromatic heterocycles. The second kappa shape index (κ2) is 7.61. The Hall–Kier alpha value is -2.90. The van der Waals surface area contributed by atoms with Crippen LogP contribution in [0, 0.1) is 25.7 Å². The maximum atomic E-state index is 11.9. The van der Waals surface area contributed by atoms with E-state index in [-0.39, 0.29) is 24.0 Å². The van der Waals surface area contributed by atoms with E-state index in [4.69, 9.17) is 14.2 Å². The van der Waals surface area contributed by atoms with Gasteiger partial charge < -0.3 is 19.1 Å². The number of aromatic nitrogens is 3. The molecule has 2 aliphatic rings. The standard InChI is InChI=1S/C20H24N4O4/c1-12-18(27-16-5-4-8-21-13(16)2)22-11-23-19(12)28-17-14-6-7-15(17)10-24(9-14)20(25)26-3/h4-5,8,11,14-15,17H,6-7,9-10H2,1-3H3. The van der Waals surface area contributed by atoms with Gasteiger partial charge in [0, 0.05) is 31.1 Å². The molecule has 2 unspecified atom stereocenters. The Bertz CT molecular complexity index is 861. The first-order chi connectivity index (χ1) is 13.6. The molecule has 1 saturated heterocycles. The number of carbonyl (C=O) groups excluding carboxylic acids is 1. The molecular weight excluding hydrogens is 360 g/mol. The molecular formula is C20H24N4O4. The number of amides is 1. The minimum Gasteiger partial charge on any atom is -0.473 e. The third-order valence-corrected chi connectivity index (χ3v) is 5.58. The number of carbonyl (C=O) groups is 1. The number of piperidine rings is 1.